The second-order valence-corrected chi connectivity index (χ2v) is 5.21. The van der Waals surface area contributed by atoms with E-state index in [0.717, 1.165) is 25.5 Å². The Bertz CT molecular complexity index is 647. The van der Waals surface area contributed by atoms with E-state index < -0.39 is 11.6 Å². The smallest absolute Gasteiger partial charge is 0.225 e. The lowest BCUT2D eigenvalue weighted by Crippen LogP contribution is -2.43. The Balaban J connectivity index is 1.92. The maximum Gasteiger partial charge on any atom is 0.225 e. The number of nitrogens with two attached hydrogens (primary N) is 1. The third-order valence-corrected chi connectivity index (χ3v) is 3.59. The molecule has 4 nitrogen and oxygen atoms in total. The Morgan fingerprint density at radius 1 is 1.24 bits per heavy atom. The van der Waals surface area contributed by atoms with Crippen LogP contribution in [-0.4, -0.2) is 29.1 Å². The van der Waals surface area contributed by atoms with Crippen LogP contribution in [0.15, 0.2) is 30.5 Å². The van der Waals surface area contributed by atoms with E-state index >= 15 is 0 Å². The summed E-state index contributed by atoms with van der Waals surface area (Å²) in [7, 11) is 0. The summed E-state index contributed by atoms with van der Waals surface area (Å²) >= 11 is 0. The molecule has 0 aliphatic carbocycles. The van der Waals surface area contributed by atoms with Gasteiger partial charge in [0.15, 0.2) is 0 Å². The zero-order valence-electron chi connectivity index (χ0n) is 11.5. The maximum absolute atomic E-state index is 13.8. The van der Waals surface area contributed by atoms with Gasteiger partial charge in [0.2, 0.25) is 5.95 Å². The zero-order chi connectivity index (χ0) is 14.8. The van der Waals surface area contributed by atoms with Gasteiger partial charge in [0, 0.05) is 37.0 Å². The van der Waals surface area contributed by atoms with Gasteiger partial charge in [-0.3, -0.25) is 0 Å². The predicted molar refractivity (Wildman–Crippen MR) is 76.8 cm³/mol. The second-order valence-electron chi connectivity index (χ2n) is 5.21. The largest absolute Gasteiger partial charge is 0.339 e. The lowest BCUT2D eigenvalue weighted by Gasteiger charge is -2.30. The molecular formula is C15H16F2N4. The molecule has 1 atom stereocenters. The molecule has 3 rings (SSSR count). The number of aromatic nitrogens is 2. The summed E-state index contributed by atoms with van der Waals surface area (Å²) in [5, 5.41) is 0. The summed E-state index contributed by atoms with van der Waals surface area (Å²) < 4.78 is 26.8. The molecule has 110 valence electrons. The average molecular weight is 290 g/mol. The van der Waals surface area contributed by atoms with Crippen molar-refractivity contribution in [3.63, 3.8) is 0 Å². The summed E-state index contributed by atoms with van der Waals surface area (Å²) in [6.45, 7) is 1.53. The minimum Gasteiger partial charge on any atom is -0.339 e. The first-order valence-electron chi connectivity index (χ1n) is 6.92. The van der Waals surface area contributed by atoms with Crippen LogP contribution in [0.2, 0.25) is 0 Å². The predicted octanol–water partition coefficient (Wildman–Crippen LogP) is 2.35. The van der Waals surface area contributed by atoms with Crippen LogP contribution in [0.5, 0.6) is 0 Å². The maximum atomic E-state index is 13.8. The SMILES string of the molecule is NC1CCCN(c2nccc(-c3ccc(F)cc3F)n2)C1. The lowest BCUT2D eigenvalue weighted by atomic mass is 10.1. The molecular weight excluding hydrogens is 274 g/mol. The quantitative estimate of drug-likeness (QED) is 0.922. The normalized spacial score (nSPS) is 18.8. The van der Waals surface area contributed by atoms with Crippen LogP contribution in [0, 0.1) is 11.6 Å². The molecule has 0 bridgehead atoms. The highest BCUT2D eigenvalue weighted by atomic mass is 19.1. The van der Waals surface area contributed by atoms with Crippen LogP contribution in [0.4, 0.5) is 14.7 Å². The molecule has 0 radical (unpaired) electrons. The Labute approximate surface area is 121 Å². The molecule has 1 aromatic heterocycles. The van der Waals surface area contributed by atoms with Crippen LogP contribution in [-0.2, 0) is 0 Å². The van der Waals surface area contributed by atoms with Gasteiger partial charge >= 0.3 is 0 Å². The number of nitrogens with zero attached hydrogens (tertiary/aromatic N) is 3. The molecule has 0 spiro atoms. The Morgan fingerprint density at radius 2 is 2.10 bits per heavy atom. The zero-order valence-corrected chi connectivity index (χ0v) is 11.5. The van der Waals surface area contributed by atoms with E-state index in [0.29, 0.717) is 18.2 Å². The van der Waals surface area contributed by atoms with Gasteiger partial charge in [0.1, 0.15) is 11.6 Å². The van der Waals surface area contributed by atoms with Gasteiger partial charge < -0.3 is 10.6 Å². The highest BCUT2D eigenvalue weighted by Gasteiger charge is 2.19. The van der Waals surface area contributed by atoms with Gasteiger partial charge in [-0.05, 0) is 31.0 Å². The first-order chi connectivity index (χ1) is 10.1. The van der Waals surface area contributed by atoms with E-state index in [1.807, 2.05) is 4.90 Å². The molecule has 1 aromatic carbocycles. The van der Waals surface area contributed by atoms with Gasteiger partial charge in [-0.15, -0.1) is 0 Å². The van der Waals surface area contributed by atoms with Crippen molar-refractivity contribution < 1.29 is 8.78 Å². The first-order valence-corrected chi connectivity index (χ1v) is 6.92. The molecule has 1 saturated heterocycles. The second kappa shape index (κ2) is 5.73. The fraction of sp³-hybridized carbons (Fsp3) is 0.333. The van der Waals surface area contributed by atoms with Crippen LogP contribution in [0.25, 0.3) is 11.3 Å². The summed E-state index contributed by atoms with van der Waals surface area (Å²) in [5.74, 6) is -0.700. The summed E-state index contributed by atoms with van der Waals surface area (Å²) in [5.41, 5.74) is 6.66. The molecule has 1 fully saturated rings. The van der Waals surface area contributed by atoms with Gasteiger partial charge in [0.25, 0.3) is 0 Å². The van der Waals surface area contributed by atoms with Crippen LogP contribution in [0.1, 0.15) is 12.8 Å². The molecule has 2 N–H and O–H groups in total. The topological polar surface area (TPSA) is 55.0 Å². The van der Waals surface area contributed by atoms with Gasteiger partial charge in [-0.1, -0.05) is 0 Å². The molecule has 0 saturated carbocycles. The third kappa shape index (κ3) is 3.00. The molecule has 2 aromatic rings. The molecule has 1 unspecified atom stereocenters. The van der Waals surface area contributed by atoms with Crippen molar-refractivity contribution in [3.05, 3.63) is 42.1 Å². The average Bonchev–Trinajstić information content (AvgIpc) is 2.47. The van der Waals surface area contributed by atoms with E-state index in [1.165, 1.54) is 12.1 Å². The number of anilines is 1. The van der Waals surface area contributed by atoms with Crippen molar-refractivity contribution >= 4 is 5.95 Å². The highest BCUT2D eigenvalue weighted by Crippen LogP contribution is 2.23. The molecule has 21 heavy (non-hydrogen) atoms. The minimum absolute atomic E-state index is 0.105. The molecule has 0 amide bonds. The Kier molecular flexibility index (Phi) is 3.79. The number of hydrogen-bond acceptors (Lipinski definition) is 4. The monoisotopic (exact) mass is 290 g/mol. The standard InChI is InChI=1S/C15H16F2N4/c16-10-3-4-12(13(17)8-10)14-5-6-19-15(20-14)21-7-1-2-11(18)9-21/h3-6,8,11H,1-2,7,9,18H2. The third-order valence-electron chi connectivity index (χ3n) is 3.59. The summed E-state index contributed by atoms with van der Waals surface area (Å²) in [4.78, 5) is 10.6. The fourth-order valence-corrected chi connectivity index (χ4v) is 2.54. The molecule has 6 heteroatoms. The number of piperidine rings is 1. The number of halogens is 2. The van der Waals surface area contributed by atoms with Gasteiger partial charge in [-0.25, -0.2) is 18.7 Å². The van der Waals surface area contributed by atoms with E-state index in [-0.39, 0.29) is 11.6 Å². The highest BCUT2D eigenvalue weighted by molar-refractivity contribution is 5.61. The molecule has 2 heterocycles. The van der Waals surface area contributed by atoms with E-state index in [2.05, 4.69) is 9.97 Å². The Hall–Kier alpha value is -2.08. The summed E-state index contributed by atoms with van der Waals surface area (Å²) in [6, 6.07) is 5.18. The number of rotatable bonds is 2. The molecule has 1 aliphatic rings. The van der Waals surface area contributed by atoms with Gasteiger partial charge in [0.05, 0.1) is 5.69 Å². The summed E-state index contributed by atoms with van der Waals surface area (Å²) in [6.07, 6.45) is 3.56. The number of hydrogen-bond donors (Lipinski definition) is 1. The van der Waals surface area contributed by atoms with Gasteiger partial charge in [-0.2, -0.15) is 0 Å². The molecule has 1 aliphatic heterocycles. The number of benzene rings is 1. The Morgan fingerprint density at radius 3 is 2.86 bits per heavy atom. The van der Waals surface area contributed by atoms with Crippen LogP contribution >= 0.6 is 0 Å². The van der Waals surface area contributed by atoms with E-state index in [4.69, 9.17) is 5.73 Å². The van der Waals surface area contributed by atoms with Crippen LogP contribution in [0.3, 0.4) is 0 Å². The first kappa shape index (κ1) is 13.9. The fourth-order valence-electron chi connectivity index (χ4n) is 2.54. The lowest BCUT2D eigenvalue weighted by molar-refractivity contribution is 0.500. The van der Waals surface area contributed by atoms with E-state index in [1.54, 1.807) is 12.3 Å². The van der Waals surface area contributed by atoms with E-state index in [9.17, 15) is 8.78 Å². The van der Waals surface area contributed by atoms with Crippen LogP contribution < -0.4 is 10.6 Å². The van der Waals surface area contributed by atoms with Crippen molar-refractivity contribution in [2.24, 2.45) is 5.73 Å². The minimum atomic E-state index is -0.630. The van der Waals surface area contributed by atoms with Crippen molar-refractivity contribution in [3.8, 4) is 11.3 Å². The van der Waals surface area contributed by atoms with Crippen molar-refractivity contribution in [2.75, 3.05) is 18.0 Å². The van der Waals surface area contributed by atoms with Crippen molar-refractivity contribution in [1.82, 2.24) is 9.97 Å². The van der Waals surface area contributed by atoms with Crippen molar-refractivity contribution in [1.29, 1.82) is 0 Å². The van der Waals surface area contributed by atoms with Crippen molar-refractivity contribution in [2.45, 2.75) is 18.9 Å².